The van der Waals surface area contributed by atoms with Gasteiger partial charge in [-0.2, -0.15) is 5.10 Å². The minimum atomic E-state index is -0.0481. The Morgan fingerprint density at radius 2 is 1.96 bits per heavy atom. The second kappa shape index (κ2) is 7.17. The molecule has 2 atom stereocenters. The number of likely N-dealkylation sites (tertiary alicyclic amines) is 1. The number of hydrogen-bond acceptors (Lipinski definition) is 4. The largest absolute Gasteiger partial charge is 0.496 e. The number of carbonyl (C=O) groups excluding carboxylic acids is 1. The highest BCUT2D eigenvalue weighted by Gasteiger charge is 2.36. The number of nitrogens with zero attached hydrogens (tertiary/aromatic N) is 3. The van der Waals surface area contributed by atoms with E-state index in [1.807, 2.05) is 29.2 Å². The third-order valence-electron chi connectivity index (χ3n) is 4.95. The molecule has 1 saturated heterocycles. The molecular weight excluding hydrogens is 318 g/mol. The molecule has 0 radical (unpaired) electrons. The number of carbonyl (C=O) groups is 1. The minimum Gasteiger partial charge on any atom is -0.496 e. The molecule has 0 N–H and O–H groups in total. The maximum atomic E-state index is 13.3. The Kier molecular flexibility index (Phi) is 4.97. The SMILES string of the molecule is COc1ccccc1[C@H]1CCC[C@@H](C)N1C(=O)c1cnn(C)c1OC. The van der Waals surface area contributed by atoms with E-state index in [0.29, 0.717) is 11.4 Å². The number of amides is 1. The van der Waals surface area contributed by atoms with Crippen LogP contribution in [0.5, 0.6) is 11.6 Å². The molecule has 6 heteroatoms. The molecular formula is C19H25N3O3. The molecule has 0 aliphatic carbocycles. The summed E-state index contributed by atoms with van der Waals surface area (Å²) in [4.78, 5) is 15.3. The van der Waals surface area contributed by atoms with Crippen LogP contribution >= 0.6 is 0 Å². The van der Waals surface area contributed by atoms with Crippen molar-refractivity contribution in [2.45, 2.75) is 38.3 Å². The molecule has 0 bridgehead atoms. The molecule has 0 saturated carbocycles. The van der Waals surface area contributed by atoms with Crippen LogP contribution in [0.2, 0.25) is 0 Å². The van der Waals surface area contributed by atoms with Gasteiger partial charge in [-0.25, -0.2) is 4.68 Å². The first-order valence-electron chi connectivity index (χ1n) is 8.60. The third kappa shape index (κ3) is 3.08. The highest BCUT2D eigenvalue weighted by atomic mass is 16.5. The maximum absolute atomic E-state index is 13.3. The van der Waals surface area contributed by atoms with Gasteiger partial charge in [-0.1, -0.05) is 18.2 Å². The van der Waals surface area contributed by atoms with Crippen LogP contribution < -0.4 is 9.47 Å². The second-order valence-corrected chi connectivity index (χ2v) is 6.44. The summed E-state index contributed by atoms with van der Waals surface area (Å²) in [6.45, 7) is 2.10. The average Bonchev–Trinajstić information content (AvgIpc) is 3.01. The number of piperidine rings is 1. The lowest BCUT2D eigenvalue weighted by Crippen LogP contribution is -2.44. The first kappa shape index (κ1) is 17.3. The normalized spacial score (nSPS) is 20.4. The smallest absolute Gasteiger partial charge is 0.261 e. The average molecular weight is 343 g/mol. The van der Waals surface area contributed by atoms with Crippen molar-refractivity contribution in [2.24, 2.45) is 7.05 Å². The molecule has 1 aliphatic rings. The van der Waals surface area contributed by atoms with Gasteiger partial charge < -0.3 is 14.4 Å². The molecule has 134 valence electrons. The molecule has 1 fully saturated rings. The van der Waals surface area contributed by atoms with Gasteiger partial charge >= 0.3 is 0 Å². The van der Waals surface area contributed by atoms with Gasteiger partial charge in [0.15, 0.2) is 0 Å². The fourth-order valence-corrected chi connectivity index (χ4v) is 3.73. The Hall–Kier alpha value is -2.50. The summed E-state index contributed by atoms with van der Waals surface area (Å²) in [7, 11) is 5.00. The van der Waals surface area contributed by atoms with E-state index in [0.717, 1.165) is 30.6 Å². The molecule has 0 spiro atoms. The predicted octanol–water partition coefficient (Wildman–Crippen LogP) is 3.19. The lowest BCUT2D eigenvalue weighted by atomic mass is 9.90. The first-order valence-corrected chi connectivity index (χ1v) is 8.60. The molecule has 2 aromatic rings. The predicted molar refractivity (Wildman–Crippen MR) is 95.0 cm³/mol. The number of hydrogen-bond donors (Lipinski definition) is 0. The molecule has 1 aromatic carbocycles. The van der Waals surface area contributed by atoms with E-state index >= 15 is 0 Å². The molecule has 25 heavy (non-hydrogen) atoms. The summed E-state index contributed by atoms with van der Waals surface area (Å²) >= 11 is 0. The van der Waals surface area contributed by atoms with Crippen molar-refractivity contribution >= 4 is 5.91 Å². The number of ether oxygens (including phenoxy) is 2. The first-order chi connectivity index (χ1) is 12.1. The highest BCUT2D eigenvalue weighted by molar-refractivity contribution is 5.96. The number of aryl methyl sites for hydroxylation is 1. The van der Waals surface area contributed by atoms with Crippen LogP contribution in [0.1, 0.15) is 48.1 Å². The lowest BCUT2D eigenvalue weighted by Gasteiger charge is -2.41. The Morgan fingerprint density at radius 3 is 2.68 bits per heavy atom. The van der Waals surface area contributed by atoms with E-state index in [1.54, 1.807) is 32.1 Å². The Bertz CT molecular complexity index is 756. The van der Waals surface area contributed by atoms with Crippen molar-refractivity contribution in [3.8, 4) is 11.6 Å². The van der Waals surface area contributed by atoms with Crippen molar-refractivity contribution in [1.82, 2.24) is 14.7 Å². The van der Waals surface area contributed by atoms with Crippen molar-refractivity contribution in [3.63, 3.8) is 0 Å². The zero-order valence-electron chi connectivity index (χ0n) is 15.2. The molecule has 1 aliphatic heterocycles. The number of rotatable bonds is 4. The standard InChI is InChI=1S/C19H25N3O3/c1-13-8-7-10-16(14-9-5-6-11-17(14)24-3)22(13)18(23)15-12-20-21(2)19(15)25-4/h5-6,9,11-13,16H,7-8,10H2,1-4H3/t13-,16-/m1/s1. The van der Waals surface area contributed by atoms with Gasteiger partial charge in [-0.05, 0) is 32.3 Å². The molecule has 1 aromatic heterocycles. The number of benzene rings is 1. The van der Waals surface area contributed by atoms with Gasteiger partial charge in [0.05, 0.1) is 26.5 Å². The summed E-state index contributed by atoms with van der Waals surface area (Å²) in [6.07, 6.45) is 4.57. The number of para-hydroxylation sites is 1. The van der Waals surface area contributed by atoms with Crippen LogP contribution in [-0.4, -0.2) is 40.8 Å². The molecule has 3 rings (SSSR count). The van der Waals surface area contributed by atoms with Crippen LogP contribution in [0.4, 0.5) is 0 Å². The van der Waals surface area contributed by atoms with Gasteiger partial charge in [0.2, 0.25) is 5.88 Å². The van der Waals surface area contributed by atoms with Crippen LogP contribution in [0.15, 0.2) is 30.5 Å². The molecule has 2 heterocycles. The second-order valence-electron chi connectivity index (χ2n) is 6.44. The highest BCUT2D eigenvalue weighted by Crippen LogP contribution is 2.39. The summed E-state index contributed by atoms with van der Waals surface area (Å²) in [5.74, 6) is 1.26. The van der Waals surface area contributed by atoms with Crippen LogP contribution in [-0.2, 0) is 7.05 Å². The van der Waals surface area contributed by atoms with E-state index < -0.39 is 0 Å². The lowest BCUT2D eigenvalue weighted by molar-refractivity contribution is 0.0469. The molecule has 6 nitrogen and oxygen atoms in total. The van der Waals surface area contributed by atoms with Crippen LogP contribution in [0, 0.1) is 0 Å². The fraction of sp³-hybridized carbons (Fsp3) is 0.474. The van der Waals surface area contributed by atoms with Crippen LogP contribution in [0.25, 0.3) is 0 Å². The fourth-order valence-electron chi connectivity index (χ4n) is 3.73. The zero-order chi connectivity index (χ0) is 18.0. The van der Waals surface area contributed by atoms with Gasteiger partial charge in [-0.3, -0.25) is 4.79 Å². The topological polar surface area (TPSA) is 56.6 Å². The van der Waals surface area contributed by atoms with Crippen LogP contribution in [0.3, 0.4) is 0 Å². The van der Waals surface area contributed by atoms with E-state index in [1.165, 1.54) is 0 Å². The summed E-state index contributed by atoms with van der Waals surface area (Å²) in [5, 5.41) is 4.18. The molecule has 0 unspecified atom stereocenters. The summed E-state index contributed by atoms with van der Waals surface area (Å²) in [6, 6.07) is 8.05. The monoisotopic (exact) mass is 343 g/mol. The van der Waals surface area contributed by atoms with Crippen molar-refractivity contribution < 1.29 is 14.3 Å². The Balaban J connectivity index is 2.02. The van der Waals surface area contributed by atoms with Crippen molar-refractivity contribution in [2.75, 3.05) is 14.2 Å². The van der Waals surface area contributed by atoms with E-state index in [2.05, 4.69) is 12.0 Å². The van der Waals surface area contributed by atoms with Gasteiger partial charge in [0, 0.05) is 18.7 Å². The van der Waals surface area contributed by atoms with Gasteiger partial charge in [0.1, 0.15) is 11.3 Å². The van der Waals surface area contributed by atoms with E-state index in [4.69, 9.17) is 9.47 Å². The Labute approximate surface area is 148 Å². The summed E-state index contributed by atoms with van der Waals surface area (Å²) in [5.41, 5.74) is 1.55. The molecule has 1 amide bonds. The van der Waals surface area contributed by atoms with Gasteiger partial charge in [0.25, 0.3) is 5.91 Å². The number of aromatic nitrogens is 2. The Morgan fingerprint density at radius 1 is 1.20 bits per heavy atom. The van der Waals surface area contributed by atoms with Gasteiger partial charge in [-0.15, -0.1) is 0 Å². The van der Waals surface area contributed by atoms with E-state index in [9.17, 15) is 4.79 Å². The van der Waals surface area contributed by atoms with E-state index in [-0.39, 0.29) is 18.0 Å². The summed E-state index contributed by atoms with van der Waals surface area (Å²) < 4.78 is 12.5. The number of methoxy groups -OCH3 is 2. The maximum Gasteiger partial charge on any atom is 0.261 e. The minimum absolute atomic E-state index is 0.0164. The third-order valence-corrected chi connectivity index (χ3v) is 4.95. The quantitative estimate of drug-likeness (QED) is 0.855. The zero-order valence-corrected chi connectivity index (χ0v) is 15.2. The van der Waals surface area contributed by atoms with Crippen molar-refractivity contribution in [3.05, 3.63) is 41.6 Å². The van der Waals surface area contributed by atoms with Crippen molar-refractivity contribution in [1.29, 1.82) is 0 Å².